The quantitative estimate of drug-likeness (QED) is 0.699. The number of benzene rings is 1. The van der Waals surface area contributed by atoms with E-state index in [1.807, 2.05) is 25.1 Å². The maximum atomic E-state index is 12.8. The van der Waals surface area contributed by atoms with Gasteiger partial charge in [-0.1, -0.05) is 6.07 Å². The van der Waals surface area contributed by atoms with Gasteiger partial charge in [0.25, 0.3) is 5.91 Å². The third-order valence-electron chi connectivity index (χ3n) is 4.79. The van der Waals surface area contributed by atoms with Crippen LogP contribution in [0.1, 0.15) is 29.6 Å². The molecule has 29 heavy (non-hydrogen) atoms. The number of amides is 1. The summed E-state index contributed by atoms with van der Waals surface area (Å²) in [6.45, 7) is 1.92. The van der Waals surface area contributed by atoms with Gasteiger partial charge in [-0.05, 0) is 47.9 Å². The van der Waals surface area contributed by atoms with Crippen LogP contribution in [0.15, 0.2) is 36.8 Å². The second-order valence-corrected chi connectivity index (χ2v) is 7.11. The van der Waals surface area contributed by atoms with E-state index in [-0.39, 0.29) is 5.91 Å². The average Bonchev–Trinajstić information content (AvgIpc) is 3.29. The second kappa shape index (κ2) is 8.21. The first-order chi connectivity index (χ1) is 14.1. The van der Waals surface area contributed by atoms with Gasteiger partial charge in [-0.3, -0.25) is 4.79 Å². The van der Waals surface area contributed by atoms with Crippen LogP contribution in [-0.2, 0) is 0 Å². The van der Waals surface area contributed by atoms with Crippen LogP contribution in [0.3, 0.4) is 0 Å². The maximum absolute atomic E-state index is 12.8. The zero-order valence-corrected chi connectivity index (χ0v) is 16.5. The summed E-state index contributed by atoms with van der Waals surface area (Å²) in [7, 11) is 3.80. The third-order valence-corrected chi connectivity index (χ3v) is 4.79. The largest absolute Gasteiger partial charge is 0.361 e. The van der Waals surface area contributed by atoms with Crippen molar-refractivity contribution in [2.45, 2.75) is 19.3 Å². The van der Waals surface area contributed by atoms with Crippen LogP contribution in [0.5, 0.6) is 0 Å². The normalized spacial score (nSPS) is 13.9. The first-order valence-corrected chi connectivity index (χ1v) is 9.56. The summed E-state index contributed by atoms with van der Waals surface area (Å²) in [5, 5.41) is 14.0. The number of nitrogens with one attached hydrogen (secondary N) is 1. The number of hydrogen-bond acceptors (Lipinski definition) is 8. The Morgan fingerprint density at radius 1 is 1.17 bits per heavy atom. The number of rotatable bonds is 5. The van der Waals surface area contributed by atoms with E-state index in [0.717, 1.165) is 25.9 Å². The predicted molar refractivity (Wildman–Crippen MR) is 110 cm³/mol. The van der Waals surface area contributed by atoms with Crippen molar-refractivity contribution in [2.24, 2.45) is 0 Å². The Hall–Kier alpha value is -3.56. The molecule has 1 aliphatic heterocycles. The van der Waals surface area contributed by atoms with Gasteiger partial charge in [-0.2, -0.15) is 4.98 Å². The molecule has 1 aliphatic rings. The van der Waals surface area contributed by atoms with E-state index in [4.69, 9.17) is 4.98 Å². The number of hydrogen-bond donors (Lipinski definition) is 1. The minimum absolute atomic E-state index is 0.252. The van der Waals surface area contributed by atoms with Crippen LogP contribution < -0.4 is 15.1 Å². The molecule has 1 N–H and O–H groups in total. The van der Waals surface area contributed by atoms with Gasteiger partial charge in [0, 0.05) is 32.7 Å². The molecule has 0 atom stereocenters. The van der Waals surface area contributed by atoms with Gasteiger partial charge in [0.15, 0.2) is 5.82 Å². The predicted octanol–water partition coefficient (Wildman–Crippen LogP) is 1.76. The summed E-state index contributed by atoms with van der Waals surface area (Å²) in [6.07, 6.45) is 6.70. The van der Waals surface area contributed by atoms with E-state index in [9.17, 15) is 4.79 Å². The van der Waals surface area contributed by atoms with Crippen molar-refractivity contribution in [3.05, 3.63) is 42.4 Å². The average molecular weight is 393 g/mol. The molecule has 0 aliphatic carbocycles. The number of carbonyl (C=O) groups is 1. The Bertz CT molecular complexity index is 981. The summed E-state index contributed by atoms with van der Waals surface area (Å²) in [6, 6.07) is 7.08. The van der Waals surface area contributed by atoms with E-state index < -0.39 is 0 Å². The molecule has 1 fully saturated rings. The van der Waals surface area contributed by atoms with Gasteiger partial charge in [0.2, 0.25) is 5.95 Å². The SMILES string of the molecule is CN(C)c1nc(N2CCCCC2)ncc1NC(=O)c1cccc(-n2cnnn2)c1. The van der Waals surface area contributed by atoms with Gasteiger partial charge >= 0.3 is 0 Å². The fourth-order valence-corrected chi connectivity index (χ4v) is 3.30. The molecule has 4 rings (SSSR count). The minimum atomic E-state index is -0.252. The van der Waals surface area contributed by atoms with Crippen LogP contribution in [-0.4, -0.2) is 63.3 Å². The molecule has 0 saturated carbocycles. The number of piperidine rings is 1. The second-order valence-electron chi connectivity index (χ2n) is 7.11. The molecule has 3 heterocycles. The van der Waals surface area contributed by atoms with Gasteiger partial charge in [-0.15, -0.1) is 5.10 Å². The zero-order valence-electron chi connectivity index (χ0n) is 16.5. The van der Waals surface area contributed by atoms with Crippen LogP contribution >= 0.6 is 0 Å². The highest BCUT2D eigenvalue weighted by molar-refractivity contribution is 6.05. The highest BCUT2D eigenvalue weighted by atomic mass is 16.1. The Kier molecular flexibility index (Phi) is 5.32. The zero-order chi connectivity index (χ0) is 20.2. The first kappa shape index (κ1) is 18.8. The Balaban J connectivity index is 1.57. The van der Waals surface area contributed by atoms with Crippen molar-refractivity contribution in [2.75, 3.05) is 42.3 Å². The summed E-state index contributed by atoms with van der Waals surface area (Å²) in [5.41, 5.74) is 1.75. The van der Waals surface area contributed by atoms with Gasteiger partial charge in [0.05, 0.1) is 11.9 Å². The smallest absolute Gasteiger partial charge is 0.255 e. The number of tetrazole rings is 1. The standard InChI is InChI=1S/C19H23N9O/c1-26(2)17-16(12-20-19(23-17)27-9-4-3-5-10-27)22-18(29)14-7-6-8-15(11-14)28-13-21-24-25-28/h6-8,11-13H,3-5,9-10H2,1-2H3,(H,22,29). The third kappa shape index (κ3) is 4.15. The molecule has 2 aromatic heterocycles. The van der Waals surface area contributed by atoms with Crippen molar-refractivity contribution >= 4 is 23.4 Å². The van der Waals surface area contributed by atoms with E-state index in [0.29, 0.717) is 28.7 Å². The fourth-order valence-electron chi connectivity index (χ4n) is 3.30. The topological polar surface area (TPSA) is 105 Å². The van der Waals surface area contributed by atoms with Crippen molar-refractivity contribution < 1.29 is 4.79 Å². The van der Waals surface area contributed by atoms with Crippen molar-refractivity contribution in [1.29, 1.82) is 0 Å². The Morgan fingerprint density at radius 2 is 2.00 bits per heavy atom. The summed E-state index contributed by atoms with van der Waals surface area (Å²) in [4.78, 5) is 26.1. The van der Waals surface area contributed by atoms with Gasteiger partial charge < -0.3 is 15.1 Å². The number of anilines is 3. The molecule has 0 bridgehead atoms. The van der Waals surface area contributed by atoms with E-state index in [1.165, 1.54) is 17.4 Å². The summed E-state index contributed by atoms with van der Waals surface area (Å²) >= 11 is 0. The van der Waals surface area contributed by atoms with E-state index in [1.54, 1.807) is 24.4 Å². The molecule has 1 saturated heterocycles. The molecule has 1 aromatic carbocycles. The lowest BCUT2D eigenvalue weighted by Gasteiger charge is -2.28. The van der Waals surface area contributed by atoms with Crippen molar-refractivity contribution in [3.8, 4) is 5.69 Å². The molecular formula is C19H23N9O. The van der Waals surface area contributed by atoms with Crippen molar-refractivity contribution in [3.63, 3.8) is 0 Å². The van der Waals surface area contributed by atoms with E-state index >= 15 is 0 Å². The van der Waals surface area contributed by atoms with Crippen LogP contribution in [0.2, 0.25) is 0 Å². The number of nitrogens with zero attached hydrogens (tertiary/aromatic N) is 8. The van der Waals surface area contributed by atoms with Crippen LogP contribution in [0.25, 0.3) is 5.69 Å². The lowest BCUT2D eigenvalue weighted by Crippen LogP contribution is -2.31. The molecule has 0 radical (unpaired) electrons. The molecular weight excluding hydrogens is 370 g/mol. The van der Waals surface area contributed by atoms with Crippen molar-refractivity contribution in [1.82, 2.24) is 30.2 Å². The molecule has 3 aromatic rings. The van der Waals surface area contributed by atoms with Gasteiger partial charge in [-0.25, -0.2) is 9.67 Å². The van der Waals surface area contributed by atoms with Crippen LogP contribution in [0.4, 0.5) is 17.5 Å². The number of aromatic nitrogens is 6. The lowest BCUT2D eigenvalue weighted by atomic mass is 10.1. The van der Waals surface area contributed by atoms with Crippen LogP contribution in [0, 0.1) is 0 Å². The number of carbonyl (C=O) groups excluding carboxylic acids is 1. The van der Waals surface area contributed by atoms with Gasteiger partial charge in [0.1, 0.15) is 12.0 Å². The molecule has 150 valence electrons. The molecule has 10 nitrogen and oxygen atoms in total. The summed E-state index contributed by atoms with van der Waals surface area (Å²) in [5.74, 6) is 1.12. The Labute approximate surface area is 168 Å². The maximum Gasteiger partial charge on any atom is 0.255 e. The lowest BCUT2D eigenvalue weighted by molar-refractivity contribution is 0.102. The molecule has 10 heteroatoms. The highest BCUT2D eigenvalue weighted by Gasteiger charge is 2.18. The fraction of sp³-hybridized carbons (Fsp3) is 0.368. The van der Waals surface area contributed by atoms with E-state index in [2.05, 4.69) is 30.7 Å². The minimum Gasteiger partial charge on any atom is -0.361 e. The molecule has 0 spiro atoms. The first-order valence-electron chi connectivity index (χ1n) is 9.56. The highest BCUT2D eigenvalue weighted by Crippen LogP contribution is 2.25. The Morgan fingerprint density at radius 3 is 2.72 bits per heavy atom. The molecule has 0 unspecified atom stereocenters. The monoisotopic (exact) mass is 393 g/mol. The molecule has 1 amide bonds. The summed E-state index contributed by atoms with van der Waals surface area (Å²) < 4.78 is 1.50.